The zero-order valence-electron chi connectivity index (χ0n) is 8.66. The molecule has 0 aliphatic rings. The van der Waals surface area contributed by atoms with Crippen LogP contribution < -0.4 is 103 Å². The first-order valence-corrected chi connectivity index (χ1v) is 2.29. The number of carbonyl (C=O) groups is 1. The third kappa shape index (κ3) is 16.7. The topological polar surface area (TPSA) is 37.3 Å². The van der Waals surface area contributed by atoms with E-state index in [1.165, 1.54) is 6.08 Å². The van der Waals surface area contributed by atoms with Gasteiger partial charge in [0, 0.05) is 6.08 Å². The predicted octanol–water partition coefficient (Wildman–Crippen LogP) is -4.56. The van der Waals surface area contributed by atoms with Crippen LogP contribution in [0.5, 0.6) is 0 Å². The van der Waals surface area contributed by atoms with Crippen molar-refractivity contribution in [3.63, 3.8) is 0 Å². The minimum Gasteiger partial charge on any atom is -1.00 e. The molecular weight excluding hydrogens is 182 g/mol. The van der Waals surface area contributed by atoms with Crippen LogP contribution in [0, 0.1) is 0 Å². The molecule has 0 amide bonds. The number of aliphatic carboxylic acids is 1. The number of carboxylic acid groups (broad SMARTS) is 1. The van der Waals surface area contributed by atoms with Gasteiger partial charge in [0.15, 0.2) is 0 Å². The Kier molecular flexibility index (Phi) is 25.0. The first-order chi connectivity index (χ1) is 3.77. The smallest absolute Gasteiger partial charge is 1.00 e. The molecule has 0 bridgehead atoms. The summed E-state index contributed by atoms with van der Waals surface area (Å²) in [6, 6.07) is 0. The van der Waals surface area contributed by atoms with Gasteiger partial charge in [-0.1, -0.05) is 18.2 Å². The summed E-state index contributed by atoms with van der Waals surface area (Å²) in [5.41, 5.74) is 0. The summed E-state index contributed by atoms with van der Waals surface area (Å²) < 4.78 is 0. The Balaban J connectivity index is -0.0000000408. The van der Waals surface area contributed by atoms with E-state index in [9.17, 15) is 4.79 Å². The molecule has 0 saturated heterocycles. The molecule has 0 fully saturated rings. The zero-order valence-corrected chi connectivity index (χ0v) is 12.9. The molecule has 10 heavy (non-hydrogen) atoms. The molecule has 0 aromatic heterocycles. The average Bonchev–Trinajstić information content (AvgIpc) is 1.66. The van der Waals surface area contributed by atoms with Crippen LogP contribution in [0.15, 0.2) is 24.3 Å². The maximum atomic E-state index is 9.75. The van der Waals surface area contributed by atoms with Gasteiger partial charge in [-0.3, -0.25) is 0 Å². The van der Waals surface area contributed by atoms with E-state index in [-0.39, 0.29) is 106 Å². The summed E-state index contributed by atoms with van der Waals surface area (Å²) in [6.45, 7) is 1.83. The monoisotopic (exact) mass is 192 g/mol. The molecule has 0 saturated carbocycles. The first-order valence-electron chi connectivity index (χ1n) is 2.29. The van der Waals surface area contributed by atoms with Crippen LogP contribution in [0.1, 0.15) is 9.78 Å². The van der Waals surface area contributed by atoms with Gasteiger partial charge in [-0.2, -0.15) is 0 Å². The average molecular weight is 192 g/mol. The Morgan fingerprint density at radius 1 is 1.40 bits per heavy atom. The minimum absolute atomic E-state index is 0. The van der Waals surface area contributed by atoms with Crippen molar-refractivity contribution in [2.45, 2.75) is 6.92 Å². The molecule has 2 nitrogen and oxygen atoms in total. The van der Waals surface area contributed by atoms with Crippen molar-refractivity contribution < 1.29 is 116 Å². The van der Waals surface area contributed by atoms with E-state index in [1.54, 1.807) is 12.2 Å². The Labute approximate surface area is 149 Å². The van der Waals surface area contributed by atoms with Gasteiger partial charge in [-0.05, 0) is 6.92 Å². The molecule has 0 spiro atoms. The van der Waals surface area contributed by atoms with Crippen LogP contribution in [0.4, 0.5) is 0 Å². The van der Waals surface area contributed by atoms with Crippen molar-refractivity contribution in [1.82, 2.24) is 0 Å². The molecule has 0 rings (SSSR count). The standard InChI is InChI=1S/C6H8O2.2K.2H/c1-2-3-4-5-6(7)8;;;;/h2-5H,1H3,(H,7,8);;;;/q;2*+1;2*-1/b3-2+,5-4+;;;;. The van der Waals surface area contributed by atoms with Crippen LogP contribution in [0.3, 0.4) is 0 Å². The molecule has 0 radical (unpaired) electrons. The van der Waals surface area contributed by atoms with Crippen molar-refractivity contribution >= 4 is 5.97 Å². The van der Waals surface area contributed by atoms with Crippen LogP contribution in [-0.4, -0.2) is 11.1 Å². The largest absolute Gasteiger partial charge is 1.00 e. The van der Waals surface area contributed by atoms with Crippen molar-refractivity contribution in [2.75, 3.05) is 0 Å². The molecule has 0 unspecified atom stereocenters. The molecule has 0 aliphatic heterocycles. The molecule has 0 aromatic rings. The van der Waals surface area contributed by atoms with Gasteiger partial charge in [0.1, 0.15) is 0 Å². The second-order valence-corrected chi connectivity index (χ2v) is 1.22. The maximum Gasteiger partial charge on any atom is 1.00 e. The van der Waals surface area contributed by atoms with E-state index in [2.05, 4.69) is 0 Å². The fraction of sp³-hybridized carbons (Fsp3) is 0.167. The summed E-state index contributed by atoms with van der Waals surface area (Å²) in [5, 5.41) is 8.02. The second-order valence-electron chi connectivity index (χ2n) is 1.22. The van der Waals surface area contributed by atoms with Crippen molar-refractivity contribution in [3.05, 3.63) is 24.3 Å². The van der Waals surface area contributed by atoms with Gasteiger partial charge >= 0.3 is 109 Å². The number of rotatable bonds is 2. The summed E-state index contributed by atoms with van der Waals surface area (Å²) in [6.07, 6.45) is 5.98. The molecule has 0 atom stereocenters. The fourth-order valence-corrected chi connectivity index (χ4v) is 0.249. The summed E-state index contributed by atoms with van der Waals surface area (Å²) in [7, 11) is 0. The van der Waals surface area contributed by atoms with E-state index in [0.29, 0.717) is 0 Å². The SMILES string of the molecule is C/C=C/C=C/C(=O)O.[H-].[H-].[K+].[K+]. The van der Waals surface area contributed by atoms with Gasteiger partial charge in [-0.15, -0.1) is 0 Å². The quantitative estimate of drug-likeness (QED) is 0.272. The van der Waals surface area contributed by atoms with Gasteiger partial charge in [0.05, 0.1) is 0 Å². The summed E-state index contributed by atoms with van der Waals surface area (Å²) in [5.74, 6) is -0.914. The number of hydrogen-bond donors (Lipinski definition) is 1. The number of carboxylic acids is 1. The van der Waals surface area contributed by atoms with Gasteiger partial charge < -0.3 is 7.96 Å². The van der Waals surface area contributed by atoms with E-state index in [4.69, 9.17) is 5.11 Å². The third-order valence-electron chi connectivity index (χ3n) is 0.542. The van der Waals surface area contributed by atoms with Crippen molar-refractivity contribution in [2.24, 2.45) is 0 Å². The van der Waals surface area contributed by atoms with E-state index >= 15 is 0 Å². The summed E-state index contributed by atoms with van der Waals surface area (Å²) in [4.78, 5) is 9.75. The Bertz CT molecular complexity index is 138. The summed E-state index contributed by atoms with van der Waals surface area (Å²) >= 11 is 0. The van der Waals surface area contributed by atoms with Crippen LogP contribution in [-0.2, 0) is 4.79 Å². The maximum absolute atomic E-state index is 9.75. The molecule has 48 valence electrons. The second kappa shape index (κ2) is 13.8. The van der Waals surface area contributed by atoms with Gasteiger partial charge in [0.25, 0.3) is 0 Å². The van der Waals surface area contributed by atoms with Gasteiger partial charge in [-0.25, -0.2) is 4.79 Å². The van der Waals surface area contributed by atoms with E-state index in [1.807, 2.05) is 6.92 Å². The van der Waals surface area contributed by atoms with E-state index < -0.39 is 5.97 Å². The third-order valence-corrected chi connectivity index (χ3v) is 0.542. The molecule has 1 N–H and O–H groups in total. The normalized spacial score (nSPS) is 8.90. The van der Waals surface area contributed by atoms with Crippen molar-refractivity contribution in [3.8, 4) is 0 Å². The van der Waals surface area contributed by atoms with Crippen molar-refractivity contribution in [1.29, 1.82) is 0 Å². The minimum atomic E-state index is -0.914. The molecule has 4 heteroatoms. The Morgan fingerprint density at radius 2 is 1.90 bits per heavy atom. The van der Waals surface area contributed by atoms with Crippen LogP contribution in [0.25, 0.3) is 0 Å². The number of allylic oxidation sites excluding steroid dienone is 3. The zero-order chi connectivity index (χ0) is 6.41. The molecular formula is C6H10K2O2. The van der Waals surface area contributed by atoms with Gasteiger partial charge in [0.2, 0.25) is 0 Å². The van der Waals surface area contributed by atoms with Crippen LogP contribution in [0.2, 0.25) is 0 Å². The molecule has 0 aromatic carbocycles. The predicted molar refractivity (Wildman–Crippen MR) is 33.8 cm³/mol. The molecule has 0 aliphatic carbocycles. The molecule has 0 heterocycles. The number of hydrogen-bond acceptors (Lipinski definition) is 1. The van der Waals surface area contributed by atoms with Crippen LogP contribution >= 0.6 is 0 Å². The fourth-order valence-electron chi connectivity index (χ4n) is 0.249. The first kappa shape index (κ1) is 18.1. The van der Waals surface area contributed by atoms with E-state index in [0.717, 1.165) is 6.08 Å². The Hall–Kier alpha value is 2.22. The Morgan fingerprint density at radius 3 is 2.20 bits per heavy atom.